The molecule has 0 radical (unpaired) electrons. The van der Waals surface area contributed by atoms with Gasteiger partial charge in [-0.25, -0.2) is 14.8 Å². The van der Waals surface area contributed by atoms with Crippen molar-refractivity contribution in [1.29, 1.82) is 0 Å². The number of nitrogens with one attached hydrogen (secondary N) is 2. The number of rotatable bonds is 6. The highest BCUT2D eigenvalue weighted by molar-refractivity contribution is 5.79. The van der Waals surface area contributed by atoms with E-state index in [0.29, 0.717) is 5.75 Å². The molecule has 2 rings (SSSR count). The molecule has 0 saturated heterocycles. The third-order valence-electron chi connectivity index (χ3n) is 3.39. The Hall–Kier alpha value is -2.74. The van der Waals surface area contributed by atoms with Crippen LogP contribution in [0.5, 0.6) is 11.6 Å². The predicted octanol–water partition coefficient (Wildman–Crippen LogP) is 1.16. The molecule has 1 aromatic heterocycles. The molecular formula is C15H19N3O5. The molecule has 1 amide bonds. The minimum Gasteiger partial charge on any atom is -0.493 e. The average Bonchev–Trinajstić information content (AvgIpc) is 2.81. The molecule has 1 atom stereocenters. The summed E-state index contributed by atoms with van der Waals surface area (Å²) >= 11 is 0. The van der Waals surface area contributed by atoms with E-state index >= 15 is 0 Å². The van der Waals surface area contributed by atoms with E-state index in [0.717, 1.165) is 4.57 Å². The van der Waals surface area contributed by atoms with Crippen molar-refractivity contribution >= 4 is 5.91 Å². The first-order chi connectivity index (χ1) is 11.0. The molecule has 0 spiro atoms. The van der Waals surface area contributed by atoms with E-state index in [2.05, 4.69) is 4.98 Å². The monoisotopic (exact) mass is 321 g/mol. The fourth-order valence-corrected chi connectivity index (χ4v) is 2.30. The van der Waals surface area contributed by atoms with Crippen LogP contribution in [0.3, 0.4) is 0 Å². The molecule has 1 aromatic carbocycles. The molecule has 1 heterocycles. The number of hydrogen-bond donors (Lipinski definition) is 4. The van der Waals surface area contributed by atoms with E-state index in [1.54, 1.807) is 38.1 Å². The minimum atomic E-state index is -1.05. The zero-order valence-corrected chi connectivity index (χ0v) is 12.8. The Morgan fingerprint density at radius 1 is 1.35 bits per heavy atom. The third-order valence-corrected chi connectivity index (χ3v) is 3.39. The number of carbonyl (C=O) groups is 1. The van der Waals surface area contributed by atoms with E-state index in [9.17, 15) is 14.7 Å². The van der Waals surface area contributed by atoms with E-state index < -0.39 is 23.5 Å². The maximum absolute atomic E-state index is 12.1. The number of benzene rings is 1. The molecule has 2 aromatic rings. The smallest absolute Gasteiger partial charge is 0.329 e. The maximum atomic E-state index is 12.1. The molecule has 0 aliphatic carbocycles. The molecule has 4 N–H and O–H groups in total. The molecule has 0 fully saturated rings. The van der Waals surface area contributed by atoms with Gasteiger partial charge in [0.25, 0.3) is 5.91 Å². The van der Waals surface area contributed by atoms with Gasteiger partial charge in [0.2, 0.25) is 5.88 Å². The second-order valence-electron chi connectivity index (χ2n) is 5.37. The number of H-pyrrole nitrogens is 1. The summed E-state index contributed by atoms with van der Waals surface area (Å²) in [5, 5.41) is 19.1. The number of carbonyl (C=O) groups excluding carboxylic acids is 1. The number of aromatic hydroxyl groups is 1. The van der Waals surface area contributed by atoms with E-state index in [4.69, 9.17) is 9.94 Å². The van der Waals surface area contributed by atoms with Gasteiger partial charge < -0.3 is 14.8 Å². The highest BCUT2D eigenvalue weighted by Gasteiger charge is 2.29. The highest BCUT2D eigenvalue weighted by Crippen LogP contribution is 2.24. The predicted molar refractivity (Wildman–Crippen MR) is 81.3 cm³/mol. The van der Waals surface area contributed by atoms with Crippen LogP contribution in [0.4, 0.5) is 0 Å². The van der Waals surface area contributed by atoms with Crippen LogP contribution in [-0.2, 0) is 11.4 Å². The lowest BCUT2D eigenvalue weighted by Gasteiger charge is -2.19. The van der Waals surface area contributed by atoms with Crippen LogP contribution < -0.4 is 15.9 Å². The van der Waals surface area contributed by atoms with Crippen molar-refractivity contribution < 1.29 is 19.8 Å². The number of amides is 1. The molecule has 23 heavy (non-hydrogen) atoms. The first-order valence-electron chi connectivity index (χ1n) is 7.09. The van der Waals surface area contributed by atoms with Crippen LogP contribution in [0.15, 0.2) is 35.1 Å². The second-order valence-corrected chi connectivity index (χ2v) is 5.37. The van der Waals surface area contributed by atoms with Gasteiger partial charge in [-0.15, -0.1) is 0 Å². The number of aromatic nitrogens is 2. The Labute approximate surface area is 132 Å². The first-order valence-corrected chi connectivity index (χ1v) is 7.09. The molecule has 8 heteroatoms. The van der Waals surface area contributed by atoms with Crippen molar-refractivity contribution in [3.63, 3.8) is 0 Å². The van der Waals surface area contributed by atoms with Gasteiger partial charge in [0.15, 0.2) is 0 Å². The second kappa shape index (κ2) is 7.01. The number of hydroxylamine groups is 1. The van der Waals surface area contributed by atoms with E-state index in [1.807, 2.05) is 6.07 Å². The molecule has 0 unspecified atom stereocenters. The van der Waals surface area contributed by atoms with Crippen LogP contribution in [0, 0.1) is 5.92 Å². The van der Waals surface area contributed by atoms with Crippen molar-refractivity contribution in [3.8, 4) is 11.6 Å². The van der Waals surface area contributed by atoms with Crippen LogP contribution in [0.25, 0.3) is 0 Å². The van der Waals surface area contributed by atoms with Crippen molar-refractivity contribution in [3.05, 3.63) is 46.5 Å². The normalized spacial score (nSPS) is 12.2. The fourth-order valence-electron chi connectivity index (χ4n) is 2.30. The van der Waals surface area contributed by atoms with Gasteiger partial charge in [-0.05, 0) is 18.1 Å². The Bertz CT molecular complexity index is 720. The number of ether oxygens (including phenoxy) is 1. The Morgan fingerprint density at radius 3 is 2.57 bits per heavy atom. The largest absolute Gasteiger partial charge is 0.493 e. The highest BCUT2D eigenvalue weighted by atomic mass is 16.5. The summed E-state index contributed by atoms with van der Waals surface area (Å²) in [5.74, 6) is -0.932. The van der Waals surface area contributed by atoms with Gasteiger partial charge >= 0.3 is 5.69 Å². The van der Waals surface area contributed by atoms with Crippen molar-refractivity contribution in [1.82, 2.24) is 15.0 Å². The summed E-state index contributed by atoms with van der Waals surface area (Å²) in [6.07, 6.45) is 0. The topological polar surface area (TPSA) is 117 Å². The summed E-state index contributed by atoms with van der Waals surface area (Å²) in [5.41, 5.74) is 1.00. The zero-order chi connectivity index (χ0) is 17.0. The minimum absolute atomic E-state index is 0.0658. The molecular weight excluding hydrogens is 302 g/mol. The third kappa shape index (κ3) is 3.54. The van der Waals surface area contributed by atoms with Crippen molar-refractivity contribution in [2.45, 2.75) is 26.5 Å². The standard InChI is InChI=1S/C15H19N3O5/c1-9(2)12(13(19)17-22)18-14(20)11(16-15(18)21)8-23-10-6-4-3-5-7-10/h3-7,9,12,20,22H,8H2,1-2H3,(H,16,21)(H,17,19)/t12-/m1/s1. The van der Waals surface area contributed by atoms with Gasteiger partial charge in [-0.3, -0.25) is 10.0 Å². The van der Waals surface area contributed by atoms with Gasteiger partial charge in [-0.2, -0.15) is 0 Å². The van der Waals surface area contributed by atoms with Crippen LogP contribution >= 0.6 is 0 Å². The van der Waals surface area contributed by atoms with Crippen LogP contribution in [0.1, 0.15) is 25.6 Å². The van der Waals surface area contributed by atoms with Crippen molar-refractivity contribution in [2.75, 3.05) is 0 Å². The lowest BCUT2D eigenvalue weighted by molar-refractivity contribution is -0.134. The van der Waals surface area contributed by atoms with Gasteiger partial charge in [-0.1, -0.05) is 32.0 Å². The van der Waals surface area contributed by atoms with E-state index in [-0.39, 0.29) is 18.2 Å². The summed E-state index contributed by atoms with van der Waals surface area (Å²) < 4.78 is 6.38. The maximum Gasteiger partial charge on any atom is 0.329 e. The SMILES string of the molecule is CC(C)[C@H](C(=O)NO)n1c(O)c(COc2ccccc2)[nH]c1=O. The first kappa shape index (κ1) is 16.6. The summed E-state index contributed by atoms with van der Waals surface area (Å²) in [6.45, 7) is 3.32. The summed E-state index contributed by atoms with van der Waals surface area (Å²) in [4.78, 5) is 26.3. The Morgan fingerprint density at radius 2 is 2.00 bits per heavy atom. The van der Waals surface area contributed by atoms with Gasteiger partial charge in [0.05, 0.1) is 0 Å². The molecule has 8 nitrogen and oxygen atoms in total. The number of hydrogen-bond acceptors (Lipinski definition) is 5. The zero-order valence-electron chi connectivity index (χ0n) is 12.8. The Balaban J connectivity index is 2.28. The molecule has 0 aliphatic rings. The van der Waals surface area contributed by atoms with Crippen LogP contribution in [0.2, 0.25) is 0 Å². The van der Waals surface area contributed by atoms with Crippen LogP contribution in [-0.4, -0.2) is 25.8 Å². The number of nitrogens with zero attached hydrogens (tertiary/aromatic N) is 1. The quantitative estimate of drug-likeness (QED) is 0.470. The average molecular weight is 321 g/mol. The van der Waals surface area contributed by atoms with Crippen molar-refractivity contribution in [2.24, 2.45) is 5.92 Å². The number of para-hydroxylation sites is 1. The fraction of sp³-hybridized carbons (Fsp3) is 0.333. The Kier molecular flexibility index (Phi) is 5.07. The molecule has 124 valence electrons. The molecule has 0 bridgehead atoms. The van der Waals surface area contributed by atoms with E-state index in [1.165, 1.54) is 5.48 Å². The summed E-state index contributed by atoms with van der Waals surface area (Å²) in [6, 6.07) is 7.86. The lowest BCUT2D eigenvalue weighted by atomic mass is 10.0. The van der Waals surface area contributed by atoms with Gasteiger partial charge in [0.1, 0.15) is 24.1 Å². The molecule has 0 aliphatic heterocycles. The van der Waals surface area contributed by atoms with Gasteiger partial charge in [0, 0.05) is 0 Å². The number of imidazole rings is 1. The number of aromatic amines is 1. The summed E-state index contributed by atoms with van der Waals surface area (Å²) in [7, 11) is 0. The lowest BCUT2D eigenvalue weighted by Crippen LogP contribution is -2.37. The molecule has 0 saturated carbocycles.